The van der Waals surface area contributed by atoms with Gasteiger partial charge in [0.2, 0.25) is 5.91 Å². The number of carbonyl (C=O) groups excluding carboxylic acids is 1. The normalized spacial score (nSPS) is 25.2. The zero-order valence-corrected chi connectivity index (χ0v) is 15.3. The predicted octanol–water partition coefficient (Wildman–Crippen LogP) is 4.05. The first-order valence-electron chi connectivity index (χ1n) is 8.28. The van der Waals surface area contributed by atoms with Crippen LogP contribution < -0.4 is 0 Å². The van der Waals surface area contributed by atoms with Crippen molar-refractivity contribution >= 4 is 21.8 Å². The van der Waals surface area contributed by atoms with Crippen molar-refractivity contribution < 1.29 is 18.0 Å². The molecule has 1 saturated heterocycles. The van der Waals surface area contributed by atoms with Gasteiger partial charge >= 0.3 is 6.18 Å². The molecule has 1 aliphatic heterocycles. The molecule has 0 N–H and O–H groups in total. The van der Waals surface area contributed by atoms with E-state index in [-0.39, 0.29) is 22.8 Å². The van der Waals surface area contributed by atoms with Crippen LogP contribution >= 0.6 is 15.9 Å². The summed E-state index contributed by atoms with van der Waals surface area (Å²) in [7, 11) is 0. The number of hydrogen-bond acceptors (Lipinski definition) is 2. The summed E-state index contributed by atoms with van der Waals surface area (Å²) in [6, 6.07) is 0. The molecule has 0 radical (unpaired) electrons. The van der Waals surface area contributed by atoms with Gasteiger partial charge in [0.25, 0.3) is 0 Å². The fraction of sp³-hybridized carbons (Fsp3) is 0.750. The Morgan fingerprint density at radius 1 is 1.25 bits per heavy atom. The van der Waals surface area contributed by atoms with Crippen molar-refractivity contribution in [2.24, 2.45) is 11.8 Å². The molecule has 8 heteroatoms. The number of alkyl halides is 3. The highest BCUT2D eigenvalue weighted by Crippen LogP contribution is 2.47. The van der Waals surface area contributed by atoms with Crippen molar-refractivity contribution in [2.75, 3.05) is 13.1 Å². The minimum atomic E-state index is -4.52. The van der Waals surface area contributed by atoms with Crippen molar-refractivity contribution in [3.63, 3.8) is 0 Å². The van der Waals surface area contributed by atoms with Crippen LogP contribution in [-0.4, -0.2) is 33.7 Å². The lowest BCUT2D eigenvalue weighted by Crippen LogP contribution is -2.44. The molecule has 0 bridgehead atoms. The predicted molar refractivity (Wildman–Crippen MR) is 86.4 cm³/mol. The Balaban J connectivity index is 1.83. The number of nitrogens with zero attached hydrogens (tertiary/aromatic N) is 3. The van der Waals surface area contributed by atoms with Gasteiger partial charge in [0.05, 0.1) is 10.2 Å². The molecule has 1 saturated carbocycles. The first-order chi connectivity index (χ1) is 11.2. The Labute approximate surface area is 147 Å². The van der Waals surface area contributed by atoms with Gasteiger partial charge in [0.15, 0.2) is 5.69 Å². The number of rotatable bonds is 3. The first kappa shape index (κ1) is 17.8. The van der Waals surface area contributed by atoms with Crippen LogP contribution in [0.1, 0.15) is 50.4 Å². The van der Waals surface area contributed by atoms with Crippen molar-refractivity contribution in [3.8, 4) is 0 Å². The van der Waals surface area contributed by atoms with E-state index < -0.39 is 11.9 Å². The van der Waals surface area contributed by atoms with Crippen LogP contribution in [0.25, 0.3) is 0 Å². The maximum atomic E-state index is 13.1. The molecule has 2 unspecified atom stereocenters. The third-order valence-electron chi connectivity index (χ3n) is 4.67. The smallest absolute Gasteiger partial charge is 0.341 e. The van der Waals surface area contributed by atoms with Gasteiger partial charge in [-0.05, 0) is 47.0 Å². The van der Waals surface area contributed by atoms with E-state index in [9.17, 15) is 18.0 Å². The highest BCUT2D eigenvalue weighted by Gasteiger charge is 2.42. The van der Waals surface area contributed by atoms with Crippen LogP contribution in [-0.2, 0) is 17.5 Å². The Morgan fingerprint density at radius 2 is 1.83 bits per heavy atom. The molecule has 2 atom stereocenters. The zero-order chi connectivity index (χ0) is 17.6. The fourth-order valence-corrected chi connectivity index (χ4v) is 4.43. The number of likely N-dealkylation sites (tertiary alicyclic amines) is 1. The molecule has 1 aromatic rings. The van der Waals surface area contributed by atoms with Gasteiger partial charge in [-0.2, -0.15) is 18.3 Å². The second kappa shape index (κ2) is 6.35. The van der Waals surface area contributed by atoms with Crippen LogP contribution in [0.2, 0.25) is 0 Å². The number of carbonyl (C=O) groups is 1. The third kappa shape index (κ3) is 3.63. The minimum Gasteiger partial charge on any atom is -0.341 e. The molecule has 0 aromatic carbocycles. The lowest BCUT2D eigenvalue weighted by Gasteiger charge is -2.35. The van der Waals surface area contributed by atoms with E-state index in [4.69, 9.17) is 0 Å². The summed E-state index contributed by atoms with van der Waals surface area (Å²) in [5.74, 6) is 0.736. The van der Waals surface area contributed by atoms with Crippen LogP contribution in [0.5, 0.6) is 0 Å². The highest BCUT2D eigenvalue weighted by molar-refractivity contribution is 9.10. The number of hydrogen-bond donors (Lipinski definition) is 0. The summed E-state index contributed by atoms with van der Waals surface area (Å²) in [5, 5.41) is 3.71. The molecule has 134 valence electrons. The Morgan fingerprint density at radius 3 is 2.33 bits per heavy atom. The van der Waals surface area contributed by atoms with Crippen LogP contribution in [0.4, 0.5) is 13.2 Å². The third-order valence-corrected chi connectivity index (χ3v) is 5.45. The molecule has 1 aliphatic carbocycles. The molecule has 2 heterocycles. The van der Waals surface area contributed by atoms with E-state index in [1.165, 1.54) is 4.68 Å². The molecule has 3 rings (SSSR count). The molecule has 2 fully saturated rings. The molecule has 0 spiro atoms. The lowest BCUT2D eigenvalue weighted by molar-refractivity contribution is -0.143. The van der Waals surface area contributed by atoms with Gasteiger partial charge in [0.1, 0.15) is 6.54 Å². The Bertz CT molecular complexity index is 629. The van der Waals surface area contributed by atoms with E-state index in [0.717, 1.165) is 19.3 Å². The number of piperidine rings is 1. The molecule has 1 aromatic heterocycles. The van der Waals surface area contributed by atoms with Crippen molar-refractivity contribution in [3.05, 3.63) is 15.9 Å². The molecular weight excluding hydrogens is 387 g/mol. The van der Waals surface area contributed by atoms with Crippen molar-refractivity contribution in [1.29, 1.82) is 0 Å². The lowest BCUT2D eigenvalue weighted by atomic mass is 9.92. The summed E-state index contributed by atoms with van der Waals surface area (Å²) < 4.78 is 40.6. The number of halogens is 4. The van der Waals surface area contributed by atoms with E-state index in [1.807, 2.05) is 0 Å². The summed E-state index contributed by atoms with van der Waals surface area (Å²) in [4.78, 5) is 14.4. The summed E-state index contributed by atoms with van der Waals surface area (Å²) >= 11 is 3.06. The SMILES string of the molecule is CC1CC(C)CN(C(=O)Cn2nc(C(F)(F)F)c(Br)c2C2CC2)C1. The molecule has 24 heavy (non-hydrogen) atoms. The topological polar surface area (TPSA) is 38.1 Å². The second-order valence-electron chi connectivity index (χ2n) is 7.22. The molecule has 1 amide bonds. The van der Waals surface area contributed by atoms with Gasteiger partial charge in [-0.3, -0.25) is 9.48 Å². The van der Waals surface area contributed by atoms with Crippen LogP contribution in [0.15, 0.2) is 4.47 Å². The van der Waals surface area contributed by atoms with E-state index >= 15 is 0 Å². The van der Waals surface area contributed by atoms with Crippen LogP contribution in [0, 0.1) is 11.8 Å². The molecule has 2 aliphatic rings. The largest absolute Gasteiger partial charge is 0.436 e. The van der Waals surface area contributed by atoms with Gasteiger partial charge in [-0.15, -0.1) is 0 Å². The number of amides is 1. The summed E-state index contributed by atoms with van der Waals surface area (Å²) in [6.07, 6.45) is -1.77. The molecule has 4 nitrogen and oxygen atoms in total. The maximum Gasteiger partial charge on any atom is 0.436 e. The van der Waals surface area contributed by atoms with Gasteiger partial charge in [0, 0.05) is 19.0 Å². The van der Waals surface area contributed by atoms with Gasteiger partial charge < -0.3 is 4.90 Å². The van der Waals surface area contributed by atoms with Crippen molar-refractivity contribution in [2.45, 2.75) is 51.7 Å². The molecular formula is C16H21BrF3N3O. The highest BCUT2D eigenvalue weighted by atomic mass is 79.9. The quantitative estimate of drug-likeness (QED) is 0.757. The summed E-state index contributed by atoms with van der Waals surface area (Å²) in [6.45, 7) is 5.39. The number of aromatic nitrogens is 2. The monoisotopic (exact) mass is 407 g/mol. The van der Waals surface area contributed by atoms with E-state index in [1.54, 1.807) is 4.90 Å². The Kier molecular flexibility index (Phi) is 4.70. The van der Waals surface area contributed by atoms with Crippen molar-refractivity contribution in [1.82, 2.24) is 14.7 Å². The van der Waals surface area contributed by atoms with Gasteiger partial charge in [-0.25, -0.2) is 0 Å². The van der Waals surface area contributed by atoms with Crippen LogP contribution in [0.3, 0.4) is 0 Å². The standard InChI is InChI=1S/C16H21BrF3N3O/c1-9-5-10(2)7-22(6-9)12(24)8-23-14(11-3-4-11)13(17)15(21-23)16(18,19)20/h9-11H,3-8H2,1-2H3. The van der Waals surface area contributed by atoms with E-state index in [2.05, 4.69) is 34.9 Å². The average molecular weight is 408 g/mol. The van der Waals surface area contributed by atoms with Gasteiger partial charge in [-0.1, -0.05) is 13.8 Å². The fourth-order valence-electron chi connectivity index (χ4n) is 3.60. The van der Waals surface area contributed by atoms with E-state index in [0.29, 0.717) is 30.6 Å². The average Bonchev–Trinajstić information content (AvgIpc) is 3.21. The maximum absolute atomic E-state index is 13.1. The minimum absolute atomic E-state index is 0.00863. The summed E-state index contributed by atoms with van der Waals surface area (Å²) in [5.41, 5.74) is -0.425. The first-order valence-corrected chi connectivity index (χ1v) is 9.07. The second-order valence-corrected chi connectivity index (χ2v) is 8.02. The zero-order valence-electron chi connectivity index (χ0n) is 13.7. The Hall–Kier alpha value is -1.05.